The topological polar surface area (TPSA) is 56.5 Å². The first kappa shape index (κ1) is 20.6. The maximum Gasteiger partial charge on any atom is 0.235 e. The summed E-state index contributed by atoms with van der Waals surface area (Å²) >= 11 is 0. The largest absolute Gasteiger partial charge is 0.475 e. The van der Waals surface area contributed by atoms with E-state index in [1.165, 1.54) is 0 Å². The van der Waals surface area contributed by atoms with Gasteiger partial charge in [-0.25, -0.2) is 0 Å². The summed E-state index contributed by atoms with van der Waals surface area (Å²) in [5.41, 5.74) is 4.58. The minimum Gasteiger partial charge on any atom is -0.475 e. The summed E-state index contributed by atoms with van der Waals surface area (Å²) in [5, 5.41) is 0.438. The first-order valence-electron chi connectivity index (χ1n) is 10.3. The van der Waals surface area contributed by atoms with Crippen molar-refractivity contribution in [3.05, 3.63) is 99.2 Å². The average Bonchev–Trinajstić information content (AvgIpc) is 2.77. The van der Waals surface area contributed by atoms with Crippen LogP contribution in [-0.2, 0) is 0 Å². The van der Waals surface area contributed by atoms with Crippen LogP contribution in [0.2, 0.25) is 0 Å². The van der Waals surface area contributed by atoms with Gasteiger partial charge in [-0.2, -0.15) is 0 Å². The lowest BCUT2D eigenvalue weighted by atomic mass is 10.0. The molecular weight excluding hydrogens is 388 g/mol. The molecule has 0 fully saturated rings. The summed E-state index contributed by atoms with van der Waals surface area (Å²) in [5.74, 6) is 0.180. The summed E-state index contributed by atoms with van der Waals surface area (Å²) < 4.78 is 12.2. The third-order valence-corrected chi connectivity index (χ3v) is 5.50. The van der Waals surface area contributed by atoms with E-state index in [4.69, 9.17) is 9.15 Å². The average molecular weight is 412 g/mol. The van der Waals surface area contributed by atoms with Crippen LogP contribution in [0, 0.1) is 20.8 Å². The number of carbonyl (C=O) groups is 1. The van der Waals surface area contributed by atoms with E-state index in [0.717, 1.165) is 22.3 Å². The van der Waals surface area contributed by atoms with Crippen LogP contribution in [0.25, 0.3) is 22.3 Å². The summed E-state index contributed by atoms with van der Waals surface area (Å²) in [7, 11) is 0. The SMILES string of the molecule is Cc1ccc(-c2oc3cc(C)c(C)cc3c(=O)c2OC(C)C(=O)c2ccccc2)cc1. The van der Waals surface area contributed by atoms with Gasteiger partial charge < -0.3 is 9.15 Å². The second-order valence-corrected chi connectivity index (χ2v) is 7.88. The van der Waals surface area contributed by atoms with Gasteiger partial charge in [0, 0.05) is 11.1 Å². The normalized spacial score (nSPS) is 12.0. The van der Waals surface area contributed by atoms with Crippen LogP contribution in [0.1, 0.15) is 34.0 Å². The molecule has 0 saturated heterocycles. The predicted octanol–water partition coefficient (Wildman–Crippen LogP) is 6.04. The fourth-order valence-electron chi connectivity index (χ4n) is 3.50. The van der Waals surface area contributed by atoms with Gasteiger partial charge >= 0.3 is 0 Å². The smallest absolute Gasteiger partial charge is 0.235 e. The molecule has 31 heavy (non-hydrogen) atoms. The molecule has 0 amide bonds. The van der Waals surface area contributed by atoms with E-state index >= 15 is 0 Å². The van der Waals surface area contributed by atoms with E-state index in [9.17, 15) is 9.59 Å². The molecule has 156 valence electrons. The highest BCUT2D eigenvalue weighted by molar-refractivity contribution is 5.99. The van der Waals surface area contributed by atoms with Crippen LogP contribution >= 0.6 is 0 Å². The maximum atomic E-state index is 13.5. The minimum absolute atomic E-state index is 0.0522. The minimum atomic E-state index is -0.849. The monoisotopic (exact) mass is 412 g/mol. The lowest BCUT2D eigenvalue weighted by Crippen LogP contribution is -2.26. The number of benzene rings is 3. The van der Waals surface area contributed by atoms with Crippen molar-refractivity contribution in [3.63, 3.8) is 0 Å². The molecule has 0 N–H and O–H groups in total. The molecule has 0 saturated carbocycles. The Balaban J connectivity index is 1.87. The number of carbonyl (C=O) groups excluding carboxylic acids is 1. The Kier molecular flexibility index (Phi) is 5.47. The van der Waals surface area contributed by atoms with Crippen LogP contribution in [0.15, 0.2) is 75.9 Å². The second kappa shape index (κ2) is 8.23. The molecule has 4 heteroatoms. The number of hydrogen-bond acceptors (Lipinski definition) is 4. The highest BCUT2D eigenvalue weighted by atomic mass is 16.5. The number of Topliss-reactive ketones (excluding diaryl/α,β-unsaturated/α-hetero) is 1. The van der Waals surface area contributed by atoms with E-state index in [-0.39, 0.29) is 17.0 Å². The lowest BCUT2D eigenvalue weighted by molar-refractivity contribution is 0.0815. The highest BCUT2D eigenvalue weighted by Crippen LogP contribution is 2.32. The van der Waals surface area contributed by atoms with E-state index in [1.54, 1.807) is 31.2 Å². The van der Waals surface area contributed by atoms with E-state index in [1.807, 2.05) is 63.2 Å². The van der Waals surface area contributed by atoms with Crippen molar-refractivity contribution >= 4 is 16.8 Å². The predicted molar refractivity (Wildman–Crippen MR) is 123 cm³/mol. The summed E-state index contributed by atoms with van der Waals surface area (Å²) in [6.45, 7) is 7.57. The molecule has 1 atom stereocenters. The maximum absolute atomic E-state index is 13.5. The number of rotatable bonds is 5. The van der Waals surface area contributed by atoms with Crippen LogP contribution in [0.4, 0.5) is 0 Å². The Morgan fingerprint density at radius 2 is 1.55 bits per heavy atom. The van der Waals surface area contributed by atoms with Gasteiger partial charge in [-0.1, -0.05) is 60.2 Å². The van der Waals surface area contributed by atoms with E-state index in [2.05, 4.69) is 0 Å². The Morgan fingerprint density at radius 3 is 2.23 bits per heavy atom. The molecular formula is C27H24O4. The molecule has 0 bridgehead atoms. The molecule has 4 aromatic rings. The third kappa shape index (κ3) is 4.02. The number of fused-ring (bicyclic) bond motifs is 1. The Hall–Kier alpha value is -3.66. The highest BCUT2D eigenvalue weighted by Gasteiger charge is 2.24. The Labute approximate surface area is 181 Å². The molecule has 0 aliphatic heterocycles. The van der Waals surface area contributed by atoms with Gasteiger partial charge in [0.15, 0.2) is 11.9 Å². The molecule has 3 aromatic carbocycles. The zero-order chi connectivity index (χ0) is 22.1. The van der Waals surface area contributed by atoms with E-state index < -0.39 is 6.10 Å². The lowest BCUT2D eigenvalue weighted by Gasteiger charge is -2.17. The van der Waals surface area contributed by atoms with Gasteiger partial charge in [-0.05, 0) is 51.0 Å². The fraction of sp³-hybridized carbons (Fsp3) is 0.185. The standard InChI is InChI=1S/C27H24O4/c1-16-10-12-21(13-11-16)26-27(30-19(4)24(28)20-8-6-5-7-9-20)25(29)22-14-17(2)18(3)15-23(22)31-26/h5-15,19H,1-4H3. The zero-order valence-electron chi connectivity index (χ0n) is 18.1. The molecule has 1 heterocycles. The molecule has 0 radical (unpaired) electrons. The first-order chi connectivity index (χ1) is 14.8. The van der Waals surface area contributed by atoms with Crippen LogP contribution < -0.4 is 10.2 Å². The van der Waals surface area contributed by atoms with Gasteiger partial charge in [-0.15, -0.1) is 0 Å². The van der Waals surface area contributed by atoms with Gasteiger partial charge in [0.1, 0.15) is 5.58 Å². The Morgan fingerprint density at radius 1 is 0.903 bits per heavy atom. The fourth-order valence-corrected chi connectivity index (χ4v) is 3.50. The number of aryl methyl sites for hydroxylation is 3. The molecule has 1 aromatic heterocycles. The van der Waals surface area contributed by atoms with Gasteiger partial charge in [0.05, 0.1) is 5.39 Å². The number of ether oxygens (including phenoxy) is 1. The van der Waals surface area contributed by atoms with Crippen LogP contribution in [0.3, 0.4) is 0 Å². The van der Waals surface area contributed by atoms with Gasteiger partial charge in [0.25, 0.3) is 0 Å². The first-order valence-corrected chi connectivity index (χ1v) is 10.3. The molecule has 1 unspecified atom stereocenters. The van der Waals surface area contributed by atoms with Crippen molar-refractivity contribution in [1.82, 2.24) is 0 Å². The molecule has 0 aliphatic rings. The molecule has 0 spiro atoms. The van der Waals surface area contributed by atoms with Gasteiger partial charge in [0.2, 0.25) is 17.0 Å². The van der Waals surface area contributed by atoms with Crippen molar-refractivity contribution in [3.8, 4) is 17.1 Å². The number of ketones is 1. The summed E-state index contributed by atoms with van der Waals surface area (Å²) in [6.07, 6.45) is -0.849. The third-order valence-electron chi connectivity index (χ3n) is 5.50. The molecule has 0 aliphatic carbocycles. The van der Waals surface area contributed by atoms with E-state index in [0.29, 0.717) is 22.3 Å². The van der Waals surface area contributed by atoms with Crippen molar-refractivity contribution in [1.29, 1.82) is 0 Å². The Bertz CT molecular complexity index is 1320. The van der Waals surface area contributed by atoms with Crippen molar-refractivity contribution in [2.45, 2.75) is 33.8 Å². The van der Waals surface area contributed by atoms with Gasteiger partial charge in [-0.3, -0.25) is 9.59 Å². The zero-order valence-corrected chi connectivity index (χ0v) is 18.1. The van der Waals surface area contributed by atoms with Crippen molar-refractivity contribution < 1.29 is 13.9 Å². The number of hydrogen-bond donors (Lipinski definition) is 0. The molecule has 4 rings (SSSR count). The van der Waals surface area contributed by atoms with Crippen molar-refractivity contribution in [2.24, 2.45) is 0 Å². The van der Waals surface area contributed by atoms with Crippen LogP contribution in [-0.4, -0.2) is 11.9 Å². The second-order valence-electron chi connectivity index (χ2n) is 7.88. The van der Waals surface area contributed by atoms with Crippen LogP contribution in [0.5, 0.6) is 5.75 Å². The summed E-state index contributed by atoms with van der Waals surface area (Å²) in [4.78, 5) is 26.3. The summed E-state index contributed by atoms with van der Waals surface area (Å²) in [6, 6.07) is 20.3. The van der Waals surface area contributed by atoms with Crippen molar-refractivity contribution in [2.75, 3.05) is 0 Å². The molecule has 4 nitrogen and oxygen atoms in total. The quantitative estimate of drug-likeness (QED) is 0.375.